The molecule has 0 aliphatic heterocycles. The van der Waals surface area contributed by atoms with Gasteiger partial charge in [0.2, 0.25) is 0 Å². The monoisotopic (exact) mass is 509 g/mol. The number of carboxylic acid groups (broad SMARTS) is 1. The Hall–Kier alpha value is -2.53. The molecular weight excluding hydrogens is 481 g/mol. The second-order valence-electron chi connectivity index (χ2n) is 7.82. The lowest BCUT2D eigenvalue weighted by atomic mass is 10.1. The number of hydrogen-bond donors (Lipinski definition) is 1. The van der Waals surface area contributed by atoms with Gasteiger partial charge >= 0.3 is 5.97 Å². The van der Waals surface area contributed by atoms with Crippen LogP contribution in [0.3, 0.4) is 0 Å². The first-order chi connectivity index (χ1) is 16.2. The van der Waals surface area contributed by atoms with Gasteiger partial charge in [0.25, 0.3) is 10.0 Å². The van der Waals surface area contributed by atoms with E-state index in [1.165, 1.54) is 23.5 Å². The first-order valence-corrected chi connectivity index (χ1v) is 13.1. The van der Waals surface area contributed by atoms with Crippen LogP contribution in [-0.4, -0.2) is 56.7 Å². The third-order valence-electron chi connectivity index (χ3n) is 5.42. The Morgan fingerprint density at radius 2 is 1.88 bits per heavy atom. The van der Waals surface area contributed by atoms with Gasteiger partial charge in [-0.3, -0.25) is 0 Å². The Labute approximate surface area is 202 Å². The van der Waals surface area contributed by atoms with E-state index in [9.17, 15) is 17.6 Å². The van der Waals surface area contributed by atoms with Gasteiger partial charge in [0, 0.05) is 31.3 Å². The zero-order chi connectivity index (χ0) is 24.9. The van der Waals surface area contributed by atoms with Crippen molar-refractivity contribution >= 4 is 37.4 Å². The zero-order valence-corrected chi connectivity index (χ0v) is 20.9. The normalized spacial score (nSPS) is 12.9. The van der Waals surface area contributed by atoms with E-state index in [4.69, 9.17) is 14.6 Å². The van der Waals surface area contributed by atoms with Crippen LogP contribution in [0, 0.1) is 12.7 Å². The second kappa shape index (κ2) is 11.3. The Morgan fingerprint density at radius 3 is 2.50 bits per heavy atom. The molecule has 0 saturated heterocycles. The molecule has 10 heteroatoms. The van der Waals surface area contributed by atoms with Crippen LogP contribution in [0.2, 0.25) is 0 Å². The van der Waals surface area contributed by atoms with E-state index >= 15 is 0 Å². The minimum atomic E-state index is -3.77. The molecule has 0 spiro atoms. The van der Waals surface area contributed by atoms with E-state index in [-0.39, 0.29) is 23.8 Å². The van der Waals surface area contributed by atoms with E-state index in [2.05, 4.69) is 0 Å². The van der Waals surface area contributed by atoms with Crippen molar-refractivity contribution < 1.29 is 32.2 Å². The number of aryl methyl sites for hydroxylation is 1. The maximum absolute atomic E-state index is 13.7. The molecule has 1 atom stereocenters. The van der Waals surface area contributed by atoms with Crippen molar-refractivity contribution in [2.24, 2.45) is 0 Å². The minimum absolute atomic E-state index is 0.146. The second-order valence-corrected chi connectivity index (χ2v) is 11.0. The average Bonchev–Trinajstić information content (AvgIpc) is 3.14. The first kappa shape index (κ1) is 26.1. The third kappa shape index (κ3) is 5.93. The summed E-state index contributed by atoms with van der Waals surface area (Å²) in [6.45, 7) is 4.24. The number of fused-ring (bicyclic) bond motifs is 1. The molecule has 0 bridgehead atoms. The van der Waals surface area contributed by atoms with Crippen LogP contribution in [0.4, 0.5) is 4.39 Å². The van der Waals surface area contributed by atoms with Crippen molar-refractivity contribution in [2.45, 2.75) is 37.0 Å². The van der Waals surface area contributed by atoms with Gasteiger partial charge in [-0.25, -0.2) is 17.6 Å². The van der Waals surface area contributed by atoms with Crippen LogP contribution in [0.5, 0.6) is 5.75 Å². The molecule has 2 aromatic carbocycles. The van der Waals surface area contributed by atoms with Gasteiger partial charge in [-0.1, -0.05) is 19.1 Å². The predicted octanol–water partition coefficient (Wildman–Crippen LogP) is 4.47. The predicted molar refractivity (Wildman–Crippen MR) is 130 cm³/mol. The number of sulfonamides is 1. The Morgan fingerprint density at radius 1 is 1.18 bits per heavy atom. The molecule has 0 fully saturated rings. The van der Waals surface area contributed by atoms with E-state index in [1.54, 1.807) is 37.3 Å². The summed E-state index contributed by atoms with van der Waals surface area (Å²) in [4.78, 5) is 11.1. The van der Waals surface area contributed by atoms with Gasteiger partial charge in [0.15, 0.2) is 6.10 Å². The van der Waals surface area contributed by atoms with Crippen molar-refractivity contribution in [3.05, 3.63) is 59.4 Å². The standard InChI is InChI=1S/C24H28FNO6S2/c1-4-11-26(34(29,30)24-16(2)20-15-18(25)7-10-22(20)33-24)12-13-32-19-8-5-17(6-9-19)14-21(31-3)23(27)28/h5-10,15,21H,4,11-14H2,1-3H3,(H,27,28)/t21-/m0/s1. The fourth-order valence-corrected chi connectivity index (χ4v) is 7.01. The summed E-state index contributed by atoms with van der Waals surface area (Å²) < 4.78 is 53.5. The van der Waals surface area contributed by atoms with Crippen LogP contribution in [0.15, 0.2) is 46.7 Å². The summed E-state index contributed by atoms with van der Waals surface area (Å²) in [5, 5.41) is 9.71. The maximum atomic E-state index is 13.7. The van der Waals surface area contributed by atoms with Crippen LogP contribution in [0.25, 0.3) is 10.1 Å². The molecule has 1 N–H and O–H groups in total. The van der Waals surface area contributed by atoms with Crippen molar-refractivity contribution in [3.8, 4) is 5.75 Å². The topological polar surface area (TPSA) is 93.1 Å². The Kier molecular flexibility index (Phi) is 8.64. The van der Waals surface area contributed by atoms with Crippen LogP contribution in [-0.2, 0) is 26.0 Å². The summed E-state index contributed by atoms with van der Waals surface area (Å²) in [6.07, 6.45) is -0.0579. The number of carbonyl (C=O) groups is 1. The van der Waals surface area contributed by atoms with E-state index < -0.39 is 27.9 Å². The van der Waals surface area contributed by atoms with E-state index in [1.807, 2.05) is 6.92 Å². The molecule has 0 aliphatic rings. The highest BCUT2D eigenvalue weighted by molar-refractivity contribution is 7.91. The largest absolute Gasteiger partial charge is 0.492 e. The number of nitrogens with zero attached hydrogens (tertiary/aromatic N) is 1. The summed E-state index contributed by atoms with van der Waals surface area (Å²) in [5.74, 6) is -0.877. The highest BCUT2D eigenvalue weighted by Crippen LogP contribution is 2.36. The molecule has 0 aliphatic carbocycles. The molecule has 1 heterocycles. The molecule has 0 amide bonds. The van der Waals surface area contributed by atoms with Crippen molar-refractivity contribution in [1.29, 1.82) is 0 Å². The number of rotatable bonds is 12. The molecule has 0 radical (unpaired) electrons. The number of carboxylic acids is 1. The lowest BCUT2D eigenvalue weighted by Gasteiger charge is -2.21. The summed E-state index contributed by atoms with van der Waals surface area (Å²) >= 11 is 1.14. The molecule has 0 saturated carbocycles. The number of aliphatic carboxylic acids is 1. The van der Waals surface area contributed by atoms with Gasteiger partial charge in [0.05, 0.1) is 0 Å². The van der Waals surface area contributed by atoms with Gasteiger partial charge in [-0.15, -0.1) is 11.3 Å². The number of hydrogen-bond acceptors (Lipinski definition) is 6. The highest BCUT2D eigenvalue weighted by atomic mass is 32.2. The summed E-state index contributed by atoms with van der Waals surface area (Å²) in [5.41, 5.74) is 1.33. The molecule has 34 heavy (non-hydrogen) atoms. The molecule has 184 valence electrons. The molecule has 0 unspecified atom stereocenters. The van der Waals surface area contributed by atoms with E-state index in [0.717, 1.165) is 21.6 Å². The number of ether oxygens (including phenoxy) is 2. The smallest absolute Gasteiger partial charge is 0.333 e. The van der Waals surface area contributed by atoms with Crippen LogP contribution >= 0.6 is 11.3 Å². The summed E-state index contributed by atoms with van der Waals surface area (Å²) in [7, 11) is -2.42. The van der Waals surface area contributed by atoms with Crippen molar-refractivity contribution in [1.82, 2.24) is 4.31 Å². The Bertz CT molecular complexity index is 1240. The number of thiophene rings is 1. The van der Waals surface area contributed by atoms with Crippen LogP contribution in [0.1, 0.15) is 24.5 Å². The molecular formula is C24H28FNO6S2. The molecule has 3 rings (SSSR count). The quantitative estimate of drug-likeness (QED) is 0.387. The lowest BCUT2D eigenvalue weighted by molar-refractivity contribution is -0.148. The first-order valence-electron chi connectivity index (χ1n) is 10.8. The number of halogens is 1. The fraction of sp³-hybridized carbons (Fsp3) is 0.375. The molecule has 1 aromatic heterocycles. The van der Waals surface area contributed by atoms with Crippen LogP contribution < -0.4 is 4.74 Å². The number of methoxy groups -OCH3 is 1. The van der Waals surface area contributed by atoms with Gasteiger partial charge in [-0.05, 0) is 60.2 Å². The van der Waals surface area contributed by atoms with Crippen molar-refractivity contribution in [2.75, 3.05) is 26.8 Å². The highest BCUT2D eigenvalue weighted by Gasteiger charge is 2.28. The fourth-order valence-electron chi connectivity index (χ4n) is 3.61. The average molecular weight is 510 g/mol. The molecule has 3 aromatic rings. The van der Waals surface area contributed by atoms with Gasteiger partial charge < -0.3 is 14.6 Å². The van der Waals surface area contributed by atoms with E-state index in [0.29, 0.717) is 29.7 Å². The third-order valence-corrected chi connectivity index (χ3v) is 9.18. The summed E-state index contributed by atoms with van der Waals surface area (Å²) in [6, 6.07) is 11.2. The number of benzene rings is 2. The van der Waals surface area contributed by atoms with Gasteiger partial charge in [0.1, 0.15) is 22.4 Å². The SMILES string of the molecule is CCCN(CCOc1ccc(C[C@H](OC)C(=O)O)cc1)S(=O)(=O)c1sc2ccc(F)cc2c1C. The van der Waals surface area contributed by atoms with Gasteiger partial charge in [-0.2, -0.15) is 4.31 Å². The molecule has 7 nitrogen and oxygen atoms in total. The minimum Gasteiger partial charge on any atom is -0.492 e. The Balaban J connectivity index is 1.68. The van der Waals surface area contributed by atoms with Crippen molar-refractivity contribution in [3.63, 3.8) is 0 Å². The lowest BCUT2D eigenvalue weighted by Crippen LogP contribution is -2.35. The zero-order valence-electron chi connectivity index (χ0n) is 19.3. The maximum Gasteiger partial charge on any atom is 0.333 e.